The van der Waals surface area contributed by atoms with Gasteiger partial charge in [0.05, 0.1) is 5.92 Å². The van der Waals surface area contributed by atoms with Gasteiger partial charge in [-0.2, -0.15) is 4.98 Å². The van der Waals surface area contributed by atoms with Crippen LogP contribution in [0.3, 0.4) is 0 Å². The second kappa shape index (κ2) is 7.90. The lowest BCUT2D eigenvalue weighted by Crippen LogP contribution is -2.13. The van der Waals surface area contributed by atoms with Crippen molar-refractivity contribution in [2.45, 2.75) is 38.7 Å². The van der Waals surface area contributed by atoms with Crippen LogP contribution in [0.4, 0.5) is 0 Å². The Bertz CT molecular complexity index is 527. The first-order chi connectivity index (χ1) is 10.3. The number of nitrogens with zero attached hydrogens (tertiary/aromatic N) is 2. The van der Waals surface area contributed by atoms with Gasteiger partial charge in [-0.25, -0.2) is 0 Å². The van der Waals surface area contributed by atoms with E-state index in [0.29, 0.717) is 24.9 Å². The summed E-state index contributed by atoms with van der Waals surface area (Å²) in [5, 5.41) is 4.10. The minimum Gasteiger partial charge on any atom is -0.366 e. The van der Waals surface area contributed by atoms with Crippen LogP contribution in [0.25, 0.3) is 0 Å². The number of ether oxygens (including phenoxy) is 1. The zero-order valence-corrected chi connectivity index (χ0v) is 12.7. The molecule has 2 N–H and O–H groups in total. The normalized spacial score (nSPS) is 14.0. The number of benzene rings is 1. The molecular formula is C16H23N3O2. The molecule has 5 heteroatoms. The van der Waals surface area contributed by atoms with E-state index in [4.69, 9.17) is 15.0 Å². The number of nitrogens with two attached hydrogens (primary N) is 1. The highest BCUT2D eigenvalue weighted by Crippen LogP contribution is 2.26. The standard InChI is InChI=1S/C16H23N3O2/c1-3-8-13(11-17)16-18-15(19-21-16)14(20-4-2)12-9-6-5-7-10-12/h5-7,9-10,13-14H,3-4,8,11,17H2,1-2H3. The highest BCUT2D eigenvalue weighted by Gasteiger charge is 2.23. The molecule has 0 saturated heterocycles. The molecule has 0 saturated carbocycles. The maximum absolute atomic E-state index is 5.79. The average molecular weight is 289 g/mol. The van der Waals surface area contributed by atoms with Crippen molar-refractivity contribution < 1.29 is 9.26 Å². The van der Waals surface area contributed by atoms with Crippen LogP contribution in [0.5, 0.6) is 0 Å². The molecule has 0 spiro atoms. The Labute approximate surface area is 125 Å². The van der Waals surface area contributed by atoms with Crippen molar-refractivity contribution in [1.82, 2.24) is 10.1 Å². The van der Waals surface area contributed by atoms with E-state index < -0.39 is 0 Å². The fourth-order valence-corrected chi connectivity index (χ4v) is 2.32. The molecule has 5 nitrogen and oxygen atoms in total. The predicted octanol–water partition coefficient (Wildman–Crippen LogP) is 3.04. The molecule has 0 fully saturated rings. The molecule has 21 heavy (non-hydrogen) atoms. The first-order valence-electron chi connectivity index (χ1n) is 7.50. The smallest absolute Gasteiger partial charge is 0.231 e. The molecule has 1 aromatic heterocycles. The van der Waals surface area contributed by atoms with Crippen LogP contribution in [0.1, 0.15) is 56.0 Å². The molecule has 1 aromatic carbocycles. The summed E-state index contributed by atoms with van der Waals surface area (Å²) >= 11 is 0. The minimum atomic E-state index is -0.297. The fourth-order valence-electron chi connectivity index (χ4n) is 2.32. The van der Waals surface area contributed by atoms with Gasteiger partial charge < -0.3 is 15.0 Å². The van der Waals surface area contributed by atoms with Crippen LogP contribution in [-0.2, 0) is 4.74 Å². The van der Waals surface area contributed by atoms with Crippen molar-refractivity contribution in [2.75, 3.05) is 13.2 Å². The number of aromatic nitrogens is 2. The summed E-state index contributed by atoms with van der Waals surface area (Å²) in [6, 6.07) is 9.93. The first kappa shape index (κ1) is 15.7. The Kier molecular flexibility index (Phi) is 5.90. The van der Waals surface area contributed by atoms with Gasteiger partial charge in [-0.15, -0.1) is 0 Å². The molecule has 0 radical (unpaired) electrons. The van der Waals surface area contributed by atoms with Gasteiger partial charge >= 0.3 is 0 Å². The van der Waals surface area contributed by atoms with Gasteiger partial charge in [0.2, 0.25) is 11.7 Å². The predicted molar refractivity (Wildman–Crippen MR) is 80.9 cm³/mol. The molecule has 2 aromatic rings. The van der Waals surface area contributed by atoms with Crippen molar-refractivity contribution >= 4 is 0 Å². The van der Waals surface area contributed by atoms with Gasteiger partial charge in [-0.1, -0.05) is 48.8 Å². The van der Waals surface area contributed by atoms with E-state index in [9.17, 15) is 0 Å². The highest BCUT2D eigenvalue weighted by molar-refractivity contribution is 5.22. The molecule has 0 bridgehead atoms. The summed E-state index contributed by atoms with van der Waals surface area (Å²) in [6.07, 6.45) is 1.68. The minimum absolute atomic E-state index is 0.120. The lowest BCUT2D eigenvalue weighted by Gasteiger charge is -2.13. The van der Waals surface area contributed by atoms with Crippen LogP contribution in [0, 0.1) is 0 Å². The van der Waals surface area contributed by atoms with Crippen molar-refractivity contribution in [3.8, 4) is 0 Å². The first-order valence-corrected chi connectivity index (χ1v) is 7.50. The molecule has 2 unspecified atom stereocenters. The van der Waals surface area contributed by atoms with E-state index in [-0.39, 0.29) is 12.0 Å². The molecular weight excluding hydrogens is 266 g/mol. The quantitative estimate of drug-likeness (QED) is 0.808. The molecule has 114 valence electrons. The van der Waals surface area contributed by atoms with Gasteiger partial charge in [0.25, 0.3) is 0 Å². The van der Waals surface area contributed by atoms with Crippen LogP contribution in [0.15, 0.2) is 34.9 Å². The van der Waals surface area contributed by atoms with E-state index >= 15 is 0 Å². The lowest BCUT2D eigenvalue weighted by molar-refractivity contribution is 0.0833. The summed E-state index contributed by atoms with van der Waals surface area (Å²) < 4.78 is 11.2. The maximum atomic E-state index is 5.79. The van der Waals surface area contributed by atoms with Crippen LogP contribution < -0.4 is 5.73 Å². The lowest BCUT2D eigenvalue weighted by atomic mass is 10.0. The second-order valence-corrected chi connectivity index (χ2v) is 4.96. The average Bonchev–Trinajstić information content (AvgIpc) is 3.00. The Hall–Kier alpha value is -1.72. The molecule has 0 amide bonds. The summed E-state index contributed by atoms with van der Waals surface area (Å²) in [5.74, 6) is 1.29. The molecule has 2 atom stereocenters. The van der Waals surface area contributed by atoms with Crippen molar-refractivity contribution in [1.29, 1.82) is 0 Å². The third-order valence-electron chi connectivity index (χ3n) is 3.40. The summed E-state index contributed by atoms with van der Waals surface area (Å²) in [7, 11) is 0. The monoisotopic (exact) mass is 289 g/mol. The van der Waals surface area contributed by atoms with E-state index in [1.54, 1.807) is 0 Å². The van der Waals surface area contributed by atoms with Crippen molar-refractivity contribution in [2.24, 2.45) is 5.73 Å². The molecule has 0 aliphatic rings. The van der Waals surface area contributed by atoms with Gasteiger partial charge in [0, 0.05) is 13.2 Å². The van der Waals surface area contributed by atoms with Crippen LogP contribution in [-0.4, -0.2) is 23.3 Å². The van der Waals surface area contributed by atoms with Crippen molar-refractivity contribution in [3.05, 3.63) is 47.6 Å². The summed E-state index contributed by atoms with van der Waals surface area (Å²) in [4.78, 5) is 4.51. The Balaban J connectivity index is 2.24. The van der Waals surface area contributed by atoms with E-state index in [2.05, 4.69) is 17.1 Å². The maximum Gasteiger partial charge on any atom is 0.231 e. The fraction of sp³-hybridized carbons (Fsp3) is 0.500. The molecule has 2 rings (SSSR count). The third-order valence-corrected chi connectivity index (χ3v) is 3.40. The van der Waals surface area contributed by atoms with Crippen molar-refractivity contribution in [3.63, 3.8) is 0 Å². The topological polar surface area (TPSA) is 74.2 Å². The van der Waals surface area contributed by atoms with Crippen LogP contribution in [0.2, 0.25) is 0 Å². The van der Waals surface area contributed by atoms with E-state index in [1.807, 2.05) is 37.3 Å². The zero-order chi connectivity index (χ0) is 15.1. The summed E-state index contributed by atoms with van der Waals surface area (Å²) in [5.41, 5.74) is 6.81. The largest absolute Gasteiger partial charge is 0.366 e. The zero-order valence-electron chi connectivity index (χ0n) is 12.7. The Morgan fingerprint density at radius 3 is 2.62 bits per heavy atom. The number of rotatable bonds is 8. The van der Waals surface area contributed by atoms with Crippen LogP contribution >= 0.6 is 0 Å². The molecule has 0 aliphatic carbocycles. The van der Waals surface area contributed by atoms with Gasteiger partial charge in [-0.3, -0.25) is 0 Å². The third kappa shape index (κ3) is 3.89. The van der Waals surface area contributed by atoms with Gasteiger partial charge in [-0.05, 0) is 18.9 Å². The Morgan fingerprint density at radius 2 is 2.00 bits per heavy atom. The van der Waals surface area contributed by atoms with E-state index in [0.717, 1.165) is 18.4 Å². The van der Waals surface area contributed by atoms with Gasteiger partial charge in [0.15, 0.2) is 0 Å². The summed E-state index contributed by atoms with van der Waals surface area (Å²) in [6.45, 7) is 5.17. The molecule has 1 heterocycles. The number of hydrogen-bond donors (Lipinski definition) is 1. The highest BCUT2D eigenvalue weighted by atomic mass is 16.5. The Morgan fingerprint density at radius 1 is 1.24 bits per heavy atom. The second-order valence-electron chi connectivity index (χ2n) is 4.96. The molecule has 0 aliphatic heterocycles. The van der Waals surface area contributed by atoms with Gasteiger partial charge in [0.1, 0.15) is 6.10 Å². The SMILES string of the molecule is CCCC(CN)c1nc(C(OCC)c2ccccc2)no1. The number of hydrogen-bond acceptors (Lipinski definition) is 5. The van der Waals surface area contributed by atoms with E-state index in [1.165, 1.54) is 0 Å².